The van der Waals surface area contributed by atoms with Gasteiger partial charge in [0, 0.05) is 34.7 Å². The molecule has 7 nitrogen and oxygen atoms in total. The van der Waals surface area contributed by atoms with Crippen LogP contribution in [0, 0.1) is 11.3 Å². The zero-order valence-electron chi connectivity index (χ0n) is 13.7. The van der Waals surface area contributed by atoms with Gasteiger partial charge in [0.15, 0.2) is 5.69 Å². The standard InChI is InChI=1S/C17H15BrClN5O2/c1-10(22-16(25)14-9-26-17(18)23-14)8-24-15(4-5-21-24)11-2-3-12(7-20)13(19)6-11/h2-6,9-10,15,21H,8H2,1H3,(H,22,25)/t10-,15?/m0/s1. The molecule has 9 heteroatoms. The van der Waals surface area contributed by atoms with E-state index in [2.05, 4.69) is 37.7 Å². The smallest absolute Gasteiger partial charge is 0.273 e. The molecule has 0 radical (unpaired) electrons. The van der Waals surface area contributed by atoms with Crippen LogP contribution in [0.3, 0.4) is 0 Å². The maximum Gasteiger partial charge on any atom is 0.273 e. The predicted molar refractivity (Wildman–Crippen MR) is 99.0 cm³/mol. The summed E-state index contributed by atoms with van der Waals surface area (Å²) in [6.07, 6.45) is 5.12. The Balaban J connectivity index is 1.64. The second-order valence-corrected chi connectivity index (χ2v) is 6.88. The van der Waals surface area contributed by atoms with Gasteiger partial charge in [-0.25, -0.2) is 5.01 Å². The molecule has 0 saturated carbocycles. The van der Waals surface area contributed by atoms with Crippen molar-refractivity contribution in [3.05, 3.63) is 63.4 Å². The Bertz CT molecular complexity index is 892. The first kappa shape index (κ1) is 18.5. The molecule has 1 aromatic carbocycles. The molecule has 134 valence electrons. The van der Waals surface area contributed by atoms with Crippen LogP contribution in [0.4, 0.5) is 0 Å². The van der Waals surface area contributed by atoms with Crippen molar-refractivity contribution < 1.29 is 9.21 Å². The van der Waals surface area contributed by atoms with Crippen molar-refractivity contribution in [3.8, 4) is 6.07 Å². The number of carbonyl (C=O) groups is 1. The van der Waals surface area contributed by atoms with Gasteiger partial charge in [-0.05, 0) is 30.7 Å². The van der Waals surface area contributed by atoms with E-state index in [0.29, 0.717) is 17.1 Å². The highest BCUT2D eigenvalue weighted by atomic mass is 79.9. The number of hydrogen-bond acceptors (Lipinski definition) is 6. The predicted octanol–water partition coefficient (Wildman–Crippen LogP) is 3.16. The molecule has 0 bridgehead atoms. The summed E-state index contributed by atoms with van der Waals surface area (Å²) >= 11 is 9.21. The fraction of sp³-hybridized carbons (Fsp3) is 0.235. The Morgan fingerprint density at radius 3 is 3.08 bits per heavy atom. The monoisotopic (exact) mass is 435 g/mol. The summed E-state index contributed by atoms with van der Waals surface area (Å²) in [6, 6.07) is 7.20. The van der Waals surface area contributed by atoms with E-state index in [1.165, 1.54) is 6.26 Å². The number of nitrogens with one attached hydrogen (secondary N) is 2. The van der Waals surface area contributed by atoms with E-state index in [1.54, 1.807) is 12.1 Å². The van der Waals surface area contributed by atoms with E-state index in [4.69, 9.17) is 21.3 Å². The van der Waals surface area contributed by atoms with Crippen molar-refractivity contribution in [2.24, 2.45) is 0 Å². The second kappa shape index (κ2) is 7.91. The van der Waals surface area contributed by atoms with Gasteiger partial charge in [-0.2, -0.15) is 10.2 Å². The maximum atomic E-state index is 12.2. The van der Waals surface area contributed by atoms with E-state index in [-0.39, 0.29) is 28.5 Å². The molecule has 0 spiro atoms. The van der Waals surface area contributed by atoms with E-state index in [9.17, 15) is 4.79 Å². The third-order valence-electron chi connectivity index (χ3n) is 3.87. The Morgan fingerprint density at radius 1 is 1.62 bits per heavy atom. The molecule has 2 heterocycles. The van der Waals surface area contributed by atoms with Crippen molar-refractivity contribution in [2.75, 3.05) is 6.54 Å². The molecule has 1 aliphatic heterocycles. The van der Waals surface area contributed by atoms with Crippen molar-refractivity contribution in [1.82, 2.24) is 20.7 Å². The van der Waals surface area contributed by atoms with Crippen molar-refractivity contribution >= 4 is 33.4 Å². The Morgan fingerprint density at radius 2 is 2.42 bits per heavy atom. The highest BCUT2D eigenvalue weighted by molar-refractivity contribution is 9.10. The summed E-state index contributed by atoms with van der Waals surface area (Å²) < 4.78 is 4.98. The number of aromatic nitrogens is 1. The number of oxazole rings is 1. The van der Waals surface area contributed by atoms with Gasteiger partial charge in [0.05, 0.1) is 16.6 Å². The zero-order chi connectivity index (χ0) is 18.7. The van der Waals surface area contributed by atoms with Gasteiger partial charge in [-0.1, -0.05) is 17.7 Å². The molecule has 0 saturated heterocycles. The Hall–Kier alpha value is -2.34. The Labute approximate surface area is 163 Å². The van der Waals surface area contributed by atoms with Crippen LogP contribution in [0.15, 0.2) is 46.0 Å². The highest BCUT2D eigenvalue weighted by Crippen LogP contribution is 2.28. The molecule has 0 fully saturated rings. The largest absolute Gasteiger partial charge is 0.439 e. The topological polar surface area (TPSA) is 94.2 Å². The number of carbonyl (C=O) groups excluding carboxylic acids is 1. The summed E-state index contributed by atoms with van der Waals surface area (Å²) in [7, 11) is 0. The number of amides is 1. The van der Waals surface area contributed by atoms with Gasteiger partial charge in [0.25, 0.3) is 10.7 Å². The van der Waals surface area contributed by atoms with Crippen LogP contribution in [0.2, 0.25) is 5.02 Å². The van der Waals surface area contributed by atoms with Crippen molar-refractivity contribution in [3.63, 3.8) is 0 Å². The van der Waals surface area contributed by atoms with Gasteiger partial charge in [-0.3, -0.25) is 4.79 Å². The normalized spacial score (nSPS) is 17.5. The molecule has 0 aliphatic carbocycles. The van der Waals surface area contributed by atoms with E-state index < -0.39 is 0 Å². The number of rotatable bonds is 5. The SMILES string of the molecule is C[C@@H](CN1NC=CC1c1ccc(C#N)c(Cl)c1)NC(=O)c1coc(Br)n1. The average Bonchev–Trinajstić information content (AvgIpc) is 3.23. The molecule has 1 amide bonds. The number of hydrazine groups is 1. The number of nitriles is 1. The molecule has 1 unspecified atom stereocenters. The van der Waals surface area contributed by atoms with Gasteiger partial charge < -0.3 is 15.2 Å². The number of benzene rings is 1. The lowest BCUT2D eigenvalue weighted by atomic mass is 10.0. The number of nitrogens with zero attached hydrogens (tertiary/aromatic N) is 3. The third kappa shape index (κ3) is 4.07. The summed E-state index contributed by atoms with van der Waals surface area (Å²) in [5, 5.41) is 14.3. The number of hydrogen-bond donors (Lipinski definition) is 2. The van der Waals surface area contributed by atoms with Gasteiger partial charge >= 0.3 is 0 Å². The summed E-state index contributed by atoms with van der Waals surface area (Å²) in [5.41, 5.74) is 4.76. The molecule has 3 rings (SSSR count). The van der Waals surface area contributed by atoms with Crippen molar-refractivity contribution in [2.45, 2.75) is 19.0 Å². The molecule has 1 aromatic heterocycles. The van der Waals surface area contributed by atoms with Gasteiger partial charge in [0.1, 0.15) is 12.3 Å². The van der Waals surface area contributed by atoms with Crippen LogP contribution < -0.4 is 10.7 Å². The lowest BCUT2D eigenvalue weighted by molar-refractivity contribution is 0.0913. The minimum Gasteiger partial charge on any atom is -0.439 e. The highest BCUT2D eigenvalue weighted by Gasteiger charge is 2.25. The zero-order valence-corrected chi connectivity index (χ0v) is 16.1. The minimum atomic E-state index is -0.308. The van der Waals surface area contributed by atoms with Gasteiger partial charge in [0.2, 0.25) is 0 Å². The first-order valence-electron chi connectivity index (χ1n) is 7.79. The third-order valence-corrected chi connectivity index (χ3v) is 4.54. The minimum absolute atomic E-state index is 0.0548. The molecule has 2 N–H and O–H groups in total. The van der Waals surface area contributed by atoms with Gasteiger partial charge in [-0.15, -0.1) is 0 Å². The maximum absolute atomic E-state index is 12.2. The van der Waals surface area contributed by atoms with Crippen LogP contribution >= 0.6 is 27.5 Å². The molecular formula is C17H15BrClN5O2. The molecule has 2 atom stereocenters. The second-order valence-electron chi connectivity index (χ2n) is 5.80. The summed E-state index contributed by atoms with van der Waals surface area (Å²) in [5.74, 6) is -0.308. The van der Waals surface area contributed by atoms with E-state index in [1.807, 2.05) is 30.3 Å². The molecule has 26 heavy (non-hydrogen) atoms. The lowest BCUT2D eigenvalue weighted by Crippen LogP contribution is -2.45. The van der Waals surface area contributed by atoms with Crippen LogP contribution in [0.1, 0.15) is 34.6 Å². The first-order valence-corrected chi connectivity index (χ1v) is 8.96. The van der Waals surface area contributed by atoms with Crippen molar-refractivity contribution in [1.29, 1.82) is 5.26 Å². The quantitative estimate of drug-likeness (QED) is 0.748. The number of halogens is 2. The molecule has 2 aromatic rings. The lowest BCUT2D eigenvalue weighted by Gasteiger charge is -2.28. The fourth-order valence-corrected chi connectivity index (χ4v) is 3.19. The fourth-order valence-electron chi connectivity index (χ4n) is 2.67. The van der Waals surface area contributed by atoms with E-state index in [0.717, 1.165) is 5.56 Å². The molecule has 1 aliphatic rings. The van der Waals surface area contributed by atoms with Crippen LogP contribution in [-0.2, 0) is 0 Å². The van der Waals surface area contributed by atoms with E-state index >= 15 is 0 Å². The summed E-state index contributed by atoms with van der Waals surface area (Å²) in [6.45, 7) is 2.44. The molecular weight excluding hydrogens is 422 g/mol. The average molecular weight is 437 g/mol. The summed E-state index contributed by atoms with van der Waals surface area (Å²) in [4.78, 5) is 16.4. The first-order chi connectivity index (χ1) is 12.5. The van der Waals surface area contributed by atoms with Crippen LogP contribution in [0.25, 0.3) is 0 Å². The van der Waals surface area contributed by atoms with Crippen LogP contribution in [0.5, 0.6) is 0 Å². The van der Waals surface area contributed by atoms with Crippen LogP contribution in [-0.4, -0.2) is 28.5 Å². The Kier molecular flexibility index (Phi) is 5.61.